The van der Waals surface area contributed by atoms with Crippen LogP contribution in [0.1, 0.15) is 28.4 Å². The van der Waals surface area contributed by atoms with Gasteiger partial charge in [0.2, 0.25) is 5.79 Å². The number of aromatic hydroxyl groups is 2. The monoisotopic (exact) mass is 1160 g/mol. The molecule has 4 aliphatic rings. The molecule has 29 heteroatoms. The summed E-state index contributed by atoms with van der Waals surface area (Å²) in [4.78, 5) is 54.3. The van der Waals surface area contributed by atoms with Crippen LogP contribution < -0.4 is 9.47 Å². The van der Waals surface area contributed by atoms with Gasteiger partial charge in [0.25, 0.3) is 0 Å². The van der Waals surface area contributed by atoms with Gasteiger partial charge in [-0.3, -0.25) is 4.79 Å². The summed E-state index contributed by atoms with van der Waals surface area (Å²) in [6.07, 6.45) is -33.7. The predicted molar refractivity (Wildman–Crippen MR) is 268 cm³/mol. The third kappa shape index (κ3) is 14.6. The van der Waals surface area contributed by atoms with Crippen LogP contribution in [-0.2, 0) is 66.5 Å². The maximum Gasteiger partial charge on any atom is 0.338 e. The minimum absolute atomic E-state index is 0.112. The Bertz CT molecular complexity index is 2690. The topological polar surface area (TPSA) is 431 Å². The fraction of sp³-hybridized carbons (Fsp3) is 0.509. The molecule has 0 saturated carbocycles. The van der Waals surface area contributed by atoms with E-state index in [4.69, 9.17) is 61.6 Å². The highest BCUT2D eigenvalue weighted by Crippen LogP contribution is 2.42. The van der Waals surface area contributed by atoms with E-state index in [0.29, 0.717) is 11.3 Å². The van der Waals surface area contributed by atoms with Crippen molar-refractivity contribution < 1.29 is 142 Å². The van der Waals surface area contributed by atoms with Crippen LogP contribution in [0.3, 0.4) is 0 Å². The number of methoxy groups -OCH3 is 2. The van der Waals surface area contributed by atoms with Gasteiger partial charge >= 0.3 is 23.9 Å². The zero-order valence-electron chi connectivity index (χ0n) is 43.9. The minimum atomic E-state index is -2.92. The van der Waals surface area contributed by atoms with E-state index in [1.807, 2.05) is 0 Å². The van der Waals surface area contributed by atoms with E-state index in [0.717, 1.165) is 37.3 Å². The molecule has 19 atom stereocenters. The predicted octanol–water partition coefficient (Wildman–Crippen LogP) is -3.35. The number of hydrogen-bond donors (Lipinski definition) is 12. The molecule has 29 nitrogen and oxygen atoms in total. The number of ether oxygens (including phenoxy) is 13. The Morgan fingerprint density at radius 1 is 0.561 bits per heavy atom. The molecule has 0 bridgehead atoms. The molecule has 0 aliphatic carbocycles. The fourth-order valence-electron chi connectivity index (χ4n) is 9.09. The van der Waals surface area contributed by atoms with Crippen molar-refractivity contribution in [2.75, 3.05) is 47.3 Å². The van der Waals surface area contributed by atoms with Crippen molar-refractivity contribution in [3.8, 4) is 23.0 Å². The number of aliphatic hydroxyl groups is 10. The van der Waals surface area contributed by atoms with Gasteiger partial charge < -0.3 is 123 Å². The summed E-state index contributed by atoms with van der Waals surface area (Å²) in [7, 11) is 2.79. The molecule has 4 fully saturated rings. The molecule has 4 saturated heterocycles. The van der Waals surface area contributed by atoms with Crippen LogP contribution in [0.4, 0.5) is 0 Å². The van der Waals surface area contributed by atoms with Crippen molar-refractivity contribution in [2.24, 2.45) is 0 Å². The number of aliphatic hydroxyl groups excluding tert-OH is 10. The van der Waals surface area contributed by atoms with E-state index in [9.17, 15) is 80.5 Å². The van der Waals surface area contributed by atoms with E-state index < -0.39 is 185 Å². The first kappa shape index (κ1) is 63.1. The average Bonchev–Trinajstić information content (AvgIpc) is 3.82. The fourth-order valence-corrected chi connectivity index (χ4v) is 9.09. The summed E-state index contributed by atoms with van der Waals surface area (Å²) in [5, 5.41) is 129. The third-order valence-electron chi connectivity index (χ3n) is 13.4. The van der Waals surface area contributed by atoms with Crippen molar-refractivity contribution >= 4 is 36.0 Å². The number of hydrogen-bond acceptors (Lipinski definition) is 29. The number of rotatable bonds is 22. The van der Waals surface area contributed by atoms with Crippen molar-refractivity contribution in [1.82, 2.24) is 0 Å². The van der Waals surface area contributed by atoms with Gasteiger partial charge in [-0.25, -0.2) is 14.4 Å². The summed E-state index contributed by atoms with van der Waals surface area (Å²) >= 11 is 0. The second kappa shape index (κ2) is 28.2. The highest BCUT2D eigenvalue weighted by molar-refractivity contribution is 5.90. The molecular formula is C53H64O29. The quantitative estimate of drug-likeness (QED) is 0.0202. The van der Waals surface area contributed by atoms with E-state index in [1.54, 1.807) is 18.2 Å². The molecule has 12 N–H and O–H groups in total. The number of carbonyl (C=O) groups is 4. The van der Waals surface area contributed by atoms with Gasteiger partial charge in [0, 0.05) is 19.1 Å². The van der Waals surface area contributed by atoms with Gasteiger partial charge in [-0.1, -0.05) is 30.3 Å². The summed E-state index contributed by atoms with van der Waals surface area (Å²) in [6, 6.07) is 15.3. The Hall–Kier alpha value is -6.46. The number of benzene rings is 3. The van der Waals surface area contributed by atoms with E-state index >= 15 is 0 Å². The lowest BCUT2D eigenvalue weighted by Gasteiger charge is -2.50. The molecule has 0 spiro atoms. The Morgan fingerprint density at radius 2 is 1.12 bits per heavy atom. The molecule has 450 valence electrons. The average molecular weight is 1170 g/mol. The lowest BCUT2D eigenvalue weighted by Crippen LogP contribution is -2.69. The van der Waals surface area contributed by atoms with Gasteiger partial charge in [-0.2, -0.15) is 0 Å². The van der Waals surface area contributed by atoms with Crippen LogP contribution in [-0.4, -0.2) is 249 Å². The third-order valence-corrected chi connectivity index (χ3v) is 13.4. The Balaban J connectivity index is 1.39. The standard InChI is InChI=1S/C53H64O29/c1-24(57)72-22-35-45(77-37(61)16-12-25-9-13-28(58)29(59)17-25)46(78-50-43(67)41(65)38(62)32(19-54)74-50)47(79-51-44(68)42(66)39(63)33(20-55)75-51)52(76-35)82-53(23-73-36(60)15-11-26-10-14-30(70-2)31(18-26)71-3)48(40(64)34(21-56)81-53)80-49(69)27-7-5-4-6-8-27/h4-18,32-35,38-48,50-52,54-56,58-59,62-68H,19-23H2,1-3H3/b15-11+,16-12+/t32-,33-,34-,35-,38-,39-,40-,41+,42+,43-,44-,45-,46+,47-,48+,50+,51+,52-,53+/m1/s1. The number of carbonyl (C=O) groups excluding carboxylic acids is 4. The van der Waals surface area contributed by atoms with Crippen LogP contribution in [0.2, 0.25) is 0 Å². The summed E-state index contributed by atoms with van der Waals surface area (Å²) in [5.41, 5.74) is 0.403. The second-order valence-electron chi connectivity index (χ2n) is 18.9. The zero-order valence-corrected chi connectivity index (χ0v) is 43.9. The maximum atomic E-state index is 14.0. The molecule has 7 rings (SSSR count). The lowest BCUT2D eigenvalue weighted by molar-refractivity contribution is -0.421. The molecular weight excluding hydrogens is 1100 g/mol. The van der Waals surface area contributed by atoms with Crippen molar-refractivity contribution in [3.05, 3.63) is 95.6 Å². The summed E-state index contributed by atoms with van der Waals surface area (Å²) < 4.78 is 76.5. The Labute approximate surface area is 466 Å². The molecule has 4 heterocycles. The smallest absolute Gasteiger partial charge is 0.338 e. The zero-order chi connectivity index (χ0) is 59.6. The van der Waals surface area contributed by atoms with Gasteiger partial charge in [0.15, 0.2) is 54.1 Å². The first-order chi connectivity index (χ1) is 39.1. The van der Waals surface area contributed by atoms with Crippen molar-refractivity contribution in [3.63, 3.8) is 0 Å². The van der Waals surface area contributed by atoms with Crippen molar-refractivity contribution in [2.45, 2.75) is 123 Å². The number of phenolic OH excluding ortho intramolecular Hbond substituents is 2. The molecule has 3 aromatic carbocycles. The summed E-state index contributed by atoms with van der Waals surface area (Å²) in [6.45, 7) is -4.29. The minimum Gasteiger partial charge on any atom is -0.504 e. The van der Waals surface area contributed by atoms with E-state index in [2.05, 4.69) is 0 Å². The first-order valence-corrected chi connectivity index (χ1v) is 25.2. The van der Waals surface area contributed by atoms with Crippen LogP contribution in [0.15, 0.2) is 78.9 Å². The van der Waals surface area contributed by atoms with Gasteiger partial charge in [0.1, 0.15) is 92.6 Å². The molecule has 0 unspecified atom stereocenters. The highest BCUT2D eigenvalue weighted by Gasteiger charge is 2.64. The molecule has 0 amide bonds. The van der Waals surface area contributed by atoms with Crippen LogP contribution >= 0.6 is 0 Å². The van der Waals surface area contributed by atoms with E-state index in [-0.39, 0.29) is 16.9 Å². The Kier molecular flexibility index (Phi) is 21.7. The molecule has 82 heavy (non-hydrogen) atoms. The number of phenols is 2. The van der Waals surface area contributed by atoms with Gasteiger partial charge in [0.05, 0.1) is 39.6 Å². The van der Waals surface area contributed by atoms with Crippen LogP contribution in [0.5, 0.6) is 23.0 Å². The van der Waals surface area contributed by atoms with Gasteiger partial charge in [-0.15, -0.1) is 0 Å². The van der Waals surface area contributed by atoms with Crippen LogP contribution in [0.25, 0.3) is 12.2 Å². The normalized spacial score (nSPS) is 33.9. The molecule has 4 aliphatic heterocycles. The summed E-state index contributed by atoms with van der Waals surface area (Å²) in [5.74, 6) is -7.95. The SMILES string of the molecule is COc1ccc(/C=C/C(=O)OC[C@@]2(O[C@H]3O[C@H](COC(C)=O)[C@@H](OC(=O)/C=C/c4ccc(O)c(O)c4)[C@H](O[C@@H]4O[C@H](CO)[C@@H](O)[C@H](O)[C@H]4O)[C@H]3O[C@@H]3O[C@H](CO)[C@@H](O)[C@H](O)[C@H]3O)O[C@H](CO)[C@@H](O)[C@@H]2OC(=O)c2ccccc2)cc1OC. The largest absolute Gasteiger partial charge is 0.504 e. The van der Waals surface area contributed by atoms with Crippen LogP contribution in [0, 0.1) is 0 Å². The molecule has 3 aromatic rings. The highest BCUT2D eigenvalue weighted by atomic mass is 16.8. The number of esters is 4. The molecule has 0 radical (unpaired) electrons. The first-order valence-electron chi connectivity index (χ1n) is 25.2. The molecule has 0 aromatic heterocycles. The Morgan fingerprint density at radius 3 is 1.70 bits per heavy atom. The second-order valence-corrected chi connectivity index (χ2v) is 18.9. The maximum absolute atomic E-state index is 14.0. The van der Waals surface area contributed by atoms with Gasteiger partial charge in [-0.05, 0) is 59.7 Å². The van der Waals surface area contributed by atoms with E-state index in [1.165, 1.54) is 56.7 Å². The lowest BCUT2D eigenvalue weighted by atomic mass is 9.95. The van der Waals surface area contributed by atoms with Crippen molar-refractivity contribution in [1.29, 1.82) is 0 Å².